The summed E-state index contributed by atoms with van der Waals surface area (Å²) in [6.45, 7) is 14.6. The molecule has 0 aromatic rings. The highest BCUT2D eigenvalue weighted by atomic mass is 16.6. The van der Waals surface area contributed by atoms with Crippen LogP contribution in [0.1, 0.15) is 87.0 Å². The number of hydrogen-bond donors (Lipinski definition) is 0. The molecule has 4 heteroatoms. The van der Waals surface area contributed by atoms with Crippen molar-refractivity contribution in [1.29, 1.82) is 0 Å². The zero-order valence-corrected chi connectivity index (χ0v) is 16.5. The zero-order chi connectivity index (χ0) is 18.9. The van der Waals surface area contributed by atoms with Crippen molar-refractivity contribution in [3.05, 3.63) is 11.1 Å². The lowest BCUT2D eigenvalue weighted by atomic mass is 9.82. The van der Waals surface area contributed by atoms with Crippen LogP contribution in [0.4, 0.5) is 0 Å². The molecule has 0 saturated carbocycles. The van der Waals surface area contributed by atoms with Crippen LogP contribution in [0.15, 0.2) is 11.1 Å². The van der Waals surface area contributed by atoms with E-state index in [1.54, 1.807) is 0 Å². The van der Waals surface area contributed by atoms with Crippen molar-refractivity contribution < 1.29 is 19.1 Å². The first-order chi connectivity index (χ1) is 11.0. The van der Waals surface area contributed by atoms with Crippen molar-refractivity contribution in [2.24, 2.45) is 11.3 Å². The van der Waals surface area contributed by atoms with Gasteiger partial charge in [-0.25, -0.2) is 9.59 Å². The van der Waals surface area contributed by atoms with Crippen LogP contribution in [0.5, 0.6) is 0 Å². The van der Waals surface area contributed by atoms with Crippen molar-refractivity contribution in [1.82, 2.24) is 0 Å². The van der Waals surface area contributed by atoms with Crippen molar-refractivity contribution in [3.8, 4) is 0 Å². The van der Waals surface area contributed by atoms with E-state index >= 15 is 0 Å². The predicted octanol–water partition coefficient (Wildman–Crippen LogP) is 5.00. The van der Waals surface area contributed by atoms with Gasteiger partial charge in [0.1, 0.15) is 5.78 Å². The molecule has 0 spiro atoms. The highest BCUT2D eigenvalue weighted by Crippen LogP contribution is 2.29. The van der Waals surface area contributed by atoms with Gasteiger partial charge in [-0.05, 0) is 44.4 Å². The van der Waals surface area contributed by atoms with E-state index < -0.39 is 11.9 Å². The van der Waals surface area contributed by atoms with Crippen LogP contribution in [0.25, 0.3) is 0 Å². The summed E-state index contributed by atoms with van der Waals surface area (Å²) in [5.41, 5.74) is 1.24. The molecule has 1 rings (SSSR count). The van der Waals surface area contributed by atoms with Crippen LogP contribution in [0, 0.1) is 11.3 Å². The topological polar surface area (TPSA) is 60.4 Å². The molecule has 0 aromatic heterocycles. The third-order valence-electron chi connectivity index (χ3n) is 4.24. The van der Waals surface area contributed by atoms with Gasteiger partial charge >= 0.3 is 11.9 Å². The van der Waals surface area contributed by atoms with Gasteiger partial charge in [0.05, 0.1) is 0 Å². The lowest BCUT2D eigenvalue weighted by Crippen LogP contribution is -2.11. The number of ketones is 1. The number of carbonyl (C=O) groups excluding carboxylic acids is 3. The minimum absolute atomic E-state index is 0.00699. The molecule has 0 radical (unpaired) electrons. The summed E-state index contributed by atoms with van der Waals surface area (Å²) in [4.78, 5) is 32.5. The van der Waals surface area contributed by atoms with Gasteiger partial charge in [0, 0.05) is 17.6 Å². The Morgan fingerprint density at radius 2 is 1.71 bits per heavy atom. The molecule has 24 heavy (non-hydrogen) atoms. The normalized spacial score (nSPS) is 14.7. The van der Waals surface area contributed by atoms with Crippen LogP contribution >= 0.6 is 0 Å². The van der Waals surface area contributed by atoms with Gasteiger partial charge in [0.15, 0.2) is 0 Å². The van der Waals surface area contributed by atoms with Crippen LogP contribution < -0.4 is 0 Å². The third-order valence-corrected chi connectivity index (χ3v) is 4.24. The van der Waals surface area contributed by atoms with Crippen molar-refractivity contribution in [2.75, 3.05) is 0 Å². The molecule has 0 N–H and O–H groups in total. The first-order valence-corrected chi connectivity index (χ1v) is 8.95. The van der Waals surface area contributed by atoms with E-state index in [9.17, 15) is 14.4 Å². The molecular formula is C20H34O4. The molecule has 0 saturated heterocycles. The van der Waals surface area contributed by atoms with E-state index in [-0.39, 0.29) is 12.2 Å². The minimum Gasteiger partial charge on any atom is -0.386 e. The number of cyclic esters (lactones) is 2. The Kier molecular flexibility index (Phi) is 9.79. The van der Waals surface area contributed by atoms with E-state index in [1.807, 2.05) is 0 Å². The number of carbonyl (C=O) groups is 3. The number of rotatable bonds is 8. The van der Waals surface area contributed by atoms with Gasteiger partial charge in [0.2, 0.25) is 0 Å². The summed E-state index contributed by atoms with van der Waals surface area (Å²) in [6, 6.07) is 0. The standard InChI is InChI=1S/C11H24.C9H10O4/c1-6-8-11(4,5)9-7-10(2)3;1-5(10)3-4-7-6(2)8(11)13-9(7)12/h10H,6-9H2,1-5H3;3-4H2,1-2H3. The molecule has 0 bridgehead atoms. The number of ether oxygens (including phenoxy) is 1. The largest absolute Gasteiger partial charge is 0.386 e. The van der Waals surface area contributed by atoms with Crippen LogP contribution in [-0.2, 0) is 19.1 Å². The SMILES string of the molecule is CC(=O)CCC1=C(C)C(=O)OC1=O.CCCC(C)(C)CCC(C)C. The van der Waals surface area contributed by atoms with Gasteiger partial charge < -0.3 is 9.53 Å². The Morgan fingerprint density at radius 3 is 2.08 bits per heavy atom. The summed E-state index contributed by atoms with van der Waals surface area (Å²) in [6.07, 6.45) is 6.04. The fourth-order valence-corrected chi connectivity index (χ4v) is 2.57. The van der Waals surface area contributed by atoms with Gasteiger partial charge in [-0.2, -0.15) is 0 Å². The Bertz CT molecular complexity index is 484. The quantitative estimate of drug-likeness (QED) is 0.461. The molecule has 138 valence electrons. The fourth-order valence-electron chi connectivity index (χ4n) is 2.57. The third kappa shape index (κ3) is 8.99. The van der Waals surface area contributed by atoms with Crippen LogP contribution in [-0.4, -0.2) is 17.7 Å². The second-order valence-corrected chi connectivity index (χ2v) is 7.83. The van der Waals surface area contributed by atoms with E-state index in [0.717, 1.165) is 5.92 Å². The average molecular weight is 338 g/mol. The van der Waals surface area contributed by atoms with E-state index in [2.05, 4.69) is 39.4 Å². The Labute approximate surface area is 147 Å². The van der Waals surface area contributed by atoms with Gasteiger partial charge in [-0.3, -0.25) is 0 Å². The molecule has 1 aliphatic rings. The first-order valence-electron chi connectivity index (χ1n) is 8.95. The monoisotopic (exact) mass is 338 g/mol. The molecule has 0 aliphatic carbocycles. The number of esters is 2. The van der Waals surface area contributed by atoms with Crippen LogP contribution in [0.2, 0.25) is 0 Å². The van der Waals surface area contributed by atoms with E-state index in [1.165, 1.54) is 39.5 Å². The summed E-state index contributed by atoms with van der Waals surface area (Å²) >= 11 is 0. The maximum absolute atomic E-state index is 11.0. The maximum Gasteiger partial charge on any atom is 0.342 e. The molecule has 0 unspecified atom stereocenters. The Morgan fingerprint density at radius 1 is 1.12 bits per heavy atom. The lowest BCUT2D eigenvalue weighted by molar-refractivity contribution is -0.151. The van der Waals surface area contributed by atoms with Gasteiger partial charge in [-0.15, -0.1) is 0 Å². The van der Waals surface area contributed by atoms with Crippen LogP contribution in [0.3, 0.4) is 0 Å². The smallest absolute Gasteiger partial charge is 0.342 e. The lowest BCUT2D eigenvalue weighted by Gasteiger charge is -2.24. The summed E-state index contributed by atoms with van der Waals surface area (Å²) in [5, 5.41) is 0. The van der Waals surface area contributed by atoms with Gasteiger partial charge in [0.25, 0.3) is 0 Å². The molecule has 0 fully saturated rings. The zero-order valence-electron chi connectivity index (χ0n) is 16.5. The van der Waals surface area contributed by atoms with E-state index in [0.29, 0.717) is 23.0 Å². The first kappa shape index (κ1) is 22.6. The Balaban J connectivity index is 0.000000449. The second-order valence-electron chi connectivity index (χ2n) is 7.83. The average Bonchev–Trinajstić information content (AvgIpc) is 2.69. The van der Waals surface area contributed by atoms with Crippen molar-refractivity contribution >= 4 is 17.7 Å². The minimum atomic E-state index is -0.608. The number of hydrogen-bond acceptors (Lipinski definition) is 4. The Hall–Kier alpha value is -1.45. The van der Waals surface area contributed by atoms with Crippen molar-refractivity contribution in [2.45, 2.75) is 87.0 Å². The molecule has 0 atom stereocenters. The summed E-state index contributed by atoms with van der Waals surface area (Å²) in [5.74, 6) is -0.342. The molecule has 0 aromatic carbocycles. The molecule has 1 aliphatic heterocycles. The predicted molar refractivity (Wildman–Crippen MR) is 96.5 cm³/mol. The molecule has 1 heterocycles. The maximum atomic E-state index is 11.0. The highest BCUT2D eigenvalue weighted by Gasteiger charge is 2.29. The molecule has 4 nitrogen and oxygen atoms in total. The highest BCUT2D eigenvalue weighted by molar-refractivity contribution is 6.12. The molecular weight excluding hydrogens is 304 g/mol. The summed E-state index contributed by atoms with van der Waals surface area (Å²) in [7, 11) is 0. The summed E-state index contributed by atoms with van der Waals surface area (Å²) < 4.78 is 4.36. The molecule has 0 amide bonds. The van der Waals surface area contributed by atoms with Gasteiger partial charge in [-0.1, -0.05) is 47.5 Å². The number of Topliss-reactive ketones (excluding diaryl/α,β-unsaturated/α-hetero) is 1. The van der Waals surface area contributed by atoms with Crippen molar-refractivity contribution in [3.63, 3.8) is 0 Å². The second kappa shape index (κ2) is 10.4. The van der Waals surface area contributed by atoms with E-state index in [4.69, 9.17) is 0 Å². The fraction of sp³-hybridized carbons (Fsp3) is 0.750.